The minimum absolute atomic E-state index is 0.149. The van der Waals surface area contributed by atoms with Crippen LogP contribution in [0.3, 0.4) is 0 Å². The molecule has 0 bridgehead atoms. The van der Waals surface area contributed by atoms with Gasteiger partial charge in [0.1, 0.15) is 11.2 Å². The molecule has 0 saturated heterocycles. The van der Waals surface area contributed by atoms with Crippen molar-refractivity contribution in [1.82, 2.24) is 0 Å². The van der Waals surface area contributed by atoms with E-state index >= 15 is 0 Å². The lowest BCUT2D eigenvalue weighted by Gasteiger charge is -2.19. The van der Waals surface area contributed by atoms with Crippen molar-refractivity contribution < 1.29 is 22.4 Å². The van der Waals surface area contributed by atoms with Crippen LogP contribution >= 0.6 is 0 Å². The highest BCUT2D eigenvalue weighted by Crippen LogP contribution is 2.32. The van der Waals surface area contributed by atoms with E-state index < -0.39 is 34.6 Å². The fourth-order valence-corrected chi connectivity index (χ4v) is 1.35. The van der Waals surface area contributed by atoms with Crippen LogP contribution in [-0.2, 0) is 11.0 Å². The molecule has 3 nitrogen and oxygen atoms in total. The Kier molecular flexibility index (Phi) is 4.38. The number of carbonyl (C=O) groups is 1. The van der Waals surface area contributed by atoms with Gasteiger partial charge in [0, 0.05) is 0 Å². The van der Waals surface area contributed by atoms with Gasteiger partial charge in [-0.2, -0.15) is 18.4 Å². The van der Waals surface area contributed by atoms with Crippen molar-refractivity contribution >= 4 is 11.6 Å². The van der Waals surface area contributed by atoms with Gasteiger partial charge in [0.25, 0.3) is 0 Å². The van der Waals surface area contributed by atoms with Crippen molar-refractivity contribution in [2.45, 2.75) is 26.4 Å². The molecule has 1 amide bonds. The summed E-state index contributed by atoms with van der Waals surface area (Å²) in [6, 6.07) is 3.45. The highest BCUT2D eigenvalue weighted by molar-refractivity contribution is 5.97. The smallest absolute Gasteiger partial charge is 0.322 e. The molecule has 0 fully saturated rings. The minimum atomic E-state index is -4.64. The fourth-order valence-electron chi connectivity index (χ4n) is 1.35. The average molecular weight is 288 g/mol. The molecule has 0 saturated carbocycles. The number of nitrogens with zero attached hydrogens (tertiary/aromatic N) is 1. The normalized spacial score (nSPS) is 14.2. The van der Waals surface area contributed by atoms with Gasteiger partial charge in [0.15, 0.2) is 0 Å². The van der Waals surface area contributed by atoms with E-state index in [4.69, 9.17) is 5.26 Å². The summed E-state index contributed by atoms with van der Waals surface area (Å²) in [4.78, 5) is 11.8. The maximum atomic E-state index is 13.4. The first kappa shape index (κ1) is 16.0. The first-order chi connectivity index (χ1) is 9.14. The summed E-state index contributed by atoms with van der Waals surface area (Å²) in [6.45, 7) is 2.90. The molecule has 0 radical (unpaired) electrons. The first-order valence-corrected chi connectivity index (χ1v) is 5.73. The van der Waals surface area contributed by atoms with Crippen LogP contribution in [0.25, 0.3) is 0 Å². The second-order valence-corrected chi connectivity index (χ2v) is 4.44. The third kappa shape index (κ3) is 3.26. The molecule has 1 N–H and O–H groups in total. The van der Waals surface area contributed by atoms with E-state index in [2.05, 4.69) is 0 Å². The molecule has 0 aliphatic carbocycles. The number of nitrogens with one attached hydrogen (secondary N) is 1. The van der Waals surface area contributed by atoms with Crippen LogP contribution in [0.2, 0.25) is 0 Å². The molecule has 0 heterocycles. The molecule has 0 aliphatic rings. The molecule has 20 heavy (non-hydrogen) atoms. The molecule has 0 aliphatic heterocycles. The summed E-state index contributed by atoms with van der Waals surface area (Å²) in [5.41, 5.74) is -3.11. The Morgan fingerprint density at radius 2 is 2.00 bits per heavy atom. The summed E-state index contributed by atoms with van der Waals surface area (Å²) in [6.07, 6.45) is -4.49. The number of nitriles is 1. The van der Waals surface area contributed by atoms with E-state index in [0.29, 0.717) is 18.2 Å². The van der Waals surface area contributed by atoms with Gasteiger partial charge in [-0.15, -0.1) is 0 Å². The Bertz CT molecular complexity index is 562. The van der Waals surface area contributed by atoms with Gasteiger partial charge >= 0.3 is 6.18 Å². The monoisotopic (exact) mass is 288 g/mol. The van der Waals surface area contributed by atoms with E-state index in [-0.39, 0.29) is 6.42 Å². The van der Waals surface area contributed by atoms with Gasteiger partial charge in [0.2, 0.25) is 5.91 Å². The lowest BCUT2D eigenvalue weighted by Crippen LogP contribution is -2.32. The third-order valence-corrected chi connectivity index (χ3v) is 3.00. The molecule has 1 rings (SSSR count). The Hall–Kier alpha value is -2.10. The van der Waals surface area contributed by atoms with E-state index in [1.54, 1.807) is 13.0 Å². The SMILES string of the molecule is CCC(C)(C#N)C(=O)Nc1cc(C(F)(F)F)ccc1F. The number of halogens is 4. The van der Waals surface area contributed by atoms with Crippen molar-refractivity contribution in [3.05, 3.63) is 29.6 Å². The van der Waals surface area contributed by atoms with Crippen LogP contribution in [0.15, 0.2) is 18.2 Å². The summed E-state index contributed by atoms with van der Waals surface area (Å²) in [5, 5.41) is 10.9. The molecule has 7 heteroatoms. The molecular weight excluding hydrogens is 276 g/mol. The topological polar surface area (TPSA) is 52.9 Å². The number of benzene rings is 1. The highest BCUT2D eigenvalue weighted by Gasteiger charge is 2.34. The van der Waals surface area contributed by atoms with Gasteiger partial charge in [-0.25, -0.2) is 4.39 Å². The quantitative estimate of drug-likeness (QED) is 0.862. The molecular formula is C13H12F4N2O. The number of alkyl halides is 3. The van der Waals surface area contributed by atoms with Crippen LogP contribution in [0.5, 0.6) is 0 Å². The summed E-state index contributed by atoms with van der Waals surface area (Å²) >= 11 is 0. The molecule has 0 spiro atoms. The van der Waals surface area contributed by atoms with Crippen LogP contribution in [0.1, 0.15) is 25.8 Å². The van der Waals surface area contributed by atoms with E-state index in [1.807, 2.05) is 5.32 Å². The van der Waals surface area contributed by atoms with Gasteiger partial charge in [-0.05, 0) is 31.5 Å². The molecule has 108 valence electrons. The molecule has 1 atom stereocenters. The average Bonchev–Trinajstić information content (AvgIpc) is 2.38. The predicted molar refractivity (Wildman–Crippen MR) is 64.0 cm³/mol. The van der Waals surface area contributed by atoms with Gasteiger partial charge in [-0.3, -0.25) is 4.79 Å². The number of amides is 1. The van der Waals surface area contributed by atoms with Crippen molar-refractivity contribution in [1.29, 1.82) is 5.26 Å². The fraction of sp³-hybridized carbons (Fsp3) is 0.385. The first-order valence-electron chi connectivity index (χ1n) is 5.73. The lowest BCUT2D eigenvalue weighted by molar-refractivity contribution is -0.137. The number of carbonyl (C=O) groups excluding carboxylic acids is 1. The summed E-state index contributed by atoms with van der Waals surface area (Å²) in [5.74, 6) is -1.84. The largest absolute Gasteiger partial charge is 0.416 e. The van der Waals surface area contributed by atoms with Crippen LogP contribution in [-0.4, -0.2) is 5.91 Å². The maximum absolute atomic E-state index is 13.4. The second-order valence-electron chi connectivity index (χ2n) is 4.44. The number of hydrogen-bond donors (Lipinski definition) is 1. The Morgan fingerprint density at radius 3 is 2.45 bits per heavy atom. The Morgan fingerprint density at radius 1 is 1.40 bits per heavy atom. The zero-order valence-electron chi connectivity index (χ0n) is 10.8. The molecule has 0 aromatic heterocycles. The zero-order chi connectivity index (χ0) is 15.6. The lowest BCUT2D eigenvalue weighted by atomic mass is 9.88. The van der Waals surface area contributed by atoms with E-state index in [9.17, 15) is 22.4 Å². The maximum Gasteiger partial charge on any atom is 0.416 e. The van der Waals surface area contributed by atoms with Crippen LogP contribution in [0.4, 0.5) is 23.2 Å². The van der Waals surface area contributed by atoms with E-state index in [1.165, 1.54) is 6.92 Å². The van der Waals surface area contributed by atoms with Crippen molar-refractivity contribution in [3.8, 4) is 6.07 Å². The Labute approximate surface area is 113 Å². The predicted octanol–water partition coefficient (Wildman–Crippen LogP) is 3.72. The number of rotatable bonds is 3. The van der Waals surface area contributed by atoms with E-state index in [0.717, 1.165) is 0 Å². The summed E-state index contributed by atoms with van der Waals surface area (Å²) in [7, 11) is 0. The van der Waals surface area contributed by atoms with Crippen LogP contribution in [0, 0.1) is 22.6 Å². The van der Waals surface area contributed by atoms with Gasteiger partial charge in [0.05, 0.1) is 17.3 Å². The standard InChI is InChI=1S/C13H12F4N2O/c1-3-12(2,7-18)11(20)19-10-6-8(13(15,16)17)4-5-9(10)14/h4-6H,3H2,1-2H3,(H,19,20). The Balaban J connectivity index is 3.10. The van der Waals surface area contributed by atoms with Crippen LogP contribution < -0.4 is 5.32 Å². The molecule has 1 unspecified atom stereocenters. The molecule has 1 aromatic rings. The summed E-state index contributed by atoms with van der Waals surface area (Å²) < 4.78 is 51.0. The number of anilines is 1. The second kappa shape index (κ2) is 5.49. The van der Waals surface area contributed by atoms with Gasteiger partial charge < -0.3 is 5.32 Å². The van der Waals surface area contributed by atoms with Crippen molar-refractivity contribution in [2.24, 2.45) is 5.41 Å². The number of hydrogen-bond acceptors (Lipinski definition) is 2. The third-order valence-electron chi connectivity index (χ3n) is 3.00. The van der Waals surface area contributed by atoms with Crippen molar-refractivity contribution in [2.75, 3.05) is 5.32 Å². The minimum Gasteiger partial charge on any atom is -0.322 e. The zero-order valence-corrected chi connectivity index (χ0v) is 10.8. The van der Waals surface area contributed by atoms with Gasteiger partial charge in [-0.1, -0.05) is 6.92 Å². The van der Waals surface area contributed by atoms with Crippen molar-refractivity contribution in [3.63, 3.8) is 0 Å². The molecule has 1 aromatic carbocycles. The highest BCUT2D eigenvalue weighted by atomic mass is 19.4.